The van der Waals surface area contributed by atoms with Crippen molar-refractivity contribution in [1.29, 1.82) is 0 Å². The van der Waals surface area contributed by atoms with Crippen LogP contribution >= 0.6 is 23.2 Å². The van der Waals surface area contributed by atoms with E-state index in [2.05, 4.69) is 9.71 Å². The molecule has 2 aromatic rings. The molecule has 0 spiro atoms. The summed E-state index contributed by atoms with van der Waals surface area (Å²) in [5.41, 5.74) is 0. The zero-order chi connectivity index (χ0) is 16.2. The van der Waals surface area contributed by atoms with E-state index >= 15 is 0 Å². The summed E-state index contributed by atoms with van der Waals surface area (Å²) < 4.78 is 32.4. The fourth-order valence-electron chi connectivity index (χ4n) is 1.68. The highest BCUT2D eigenvalue weighted by Gasteiger charge is 2.20. The molecule has 0 aliphatic carbocycles. The SMILES string of the molecule is CC(CNS(=O)(=O)c1ccc(Cl)nc1Cl)Oc1ccccc1. The molecule has 1 aromatic carbocycles. The number of hydrogen-bond acceptors (Lipinski definition) is 4. The Hall–Kier alpha value is -1.34. The first kappa shape index (κ1) is 17.0. The number of ether oxygens (including phenoxy) is 1. The molecule has 1 heterocycles. The van der Waals surface area contributed by atoms with Crippen LogP contribution in [-0.4, -0.2) is 26.1 Å². The van der Waals surface area contributed by atoms with Crippen molar-refractivity contribution in [3.8, 4) is 5.75 Å². The first-order chi connectivity index (χ1) is 10.4. The van der Waals surface area contributed by atoms with Gasteiger partial charge in [-0.15, -0.1) is 0 Å². The molecule has 0 saturated carbocycles. The van der Waals surface area contributed by atoms with Crippen LogP contribution in [0.3, 0.4) is 0 Å². The Balaban J connectivity index is 2.00. The van der Waals surface area contributed by atoms with Crippen LogP contribution in [0.4, 0.5) is 0 Å². The number of nitrogens with one attached hydrogen (secondary N) is 1. The Morgan fingerprint density at radius 1 is 1.18 bits per heavy atom. The lowest BCUT2D eigenvalue weighted by molar-refractivity contribution is 0.225. The molecule has 0 fully saturated rings. The highest BCUT2D eigenvalue weighted by molar-refractivity contribution is 7.89. The molecule has 1 aromatic heterocycles. The molecule has 0 amide bonds. The number of para-hydroxylation sites is 1. The average Bonchev–Trinajstić information content (AvgIpc) is 2.46. The molecule has 0 saturated heterocycles. The molecule has 1 unspecified atom stereocenters. The maximum Gasteiger partial charge on any atom is 0.243 e. The summed E-state index contributed by atoms with van der Waals surface area (Å²) in [5.74, 6) is 0.667. The van der Waals surface area contributed by atoms with E-state index < -0.39 is 10.0 Å². The van der Waals surface area contributed by atoms with Gasteiger partial charge in [-0.2, -0.15) is 0 Å². The second kappa shape index (κ2) is 7.28. The van der Waals surface area contributed by atoms with Crippen molar-refractivity contribution >= 4 is 33.2 Å². The van der Waals surface area contributed by atoms with Gasteiger partial charge in [0, 0.05) is 6.54 Å². The van der Waals surface area contributed by atoms with Gasteiger partial charge in [-0.1, -0.05) is 41.4 Å². The first-order valence-corrected chi connectivity index (χ1v) is 8.66. The lowest BCUT2D eigenvalue weighted by Gasteiger charge is -2.15. The Morgan fingerprint density at radius 3 is 2.50 bits per heavy atom. The number of halogens is 2. The van der Waals surface area contributed by atoms with Crippen molar-refractivity contribution in [3.05, 3.63) is 52.8 Å². The third-order valence-electron chi connectivity index (χ3n) is 2.71. The lowest BCUT2D eigenvalue weighted by atomic mass is 10.3. The summed E-state index contributed by atoms with van der Waals surface area (Å²) in [7, 11) is -3.78. The maximum atomic E-state index is 12.2. The van der Waals surface area contributed by atoms with Gasteiger partial charge in [0.25, 0.3) is 0 Å². The Morgan fingerprint density at radius 2 is 1.86 bits per heavy atom. The van der Waals surface area contributed by atoms with Crippen LogP contribution in [0, 0.1) is 0 Å². The van der Waals surface area contributed by atoms with Crippen LogP contribution < -0.4 is 9.46 Å². The van der Waals surface area contributed by atoms with Gasteiger partial charge in [-0.05, 0) is 31.2 Å². The van der Waals surface area contributed by atoms with E-state index in [9.17, 15) is 8.42 Å². The zero-order valence-corrected chi connectivity index (χ0v) is 14.0. The molecule has 1 atom stereocenters. The molecule has 0 radical (unpaired) electrons. The monoisotopic (exact) mass is 360 g/mol. The van der Waals surface area contributed by atoms with Crippen molar-refractivity contribution in [2.24, 2.45) is 0 Å². The second-order valence-electron chi connectivity index (χ2n) is 4.52. The number of pyridine rings is 1. The van der Waals surface area contributed by atoms with Crippen LogP contribution in [0.1, 0.15) is 6.92 Å². The van der Waals surface area contributed by atoms with Crippen molar-refractivity contribution in [2.45, 2.75) is 17.9 Å². The zero-order valence-electron chi connectivity index (χ0n) is 11.7. The van der Waals surface area contributed by atoms with Crippen LogP contribution in [0.2, 0.25) is 10.3 Å². The van der Waals surface area contributed by atoms with Gasteiger partial charge in [0.2, 0.25) is 10.0 Å². The Bertz CT molecular complexity index is 739. The molecule has 8 heteroatoms. The van der Waals surface area contributed by atoms with E-state index in [0.717, 1.165) is 0 Å². The fraction of sp³-hybridized carbons (Fsp3) is 0.214. The van der Waals surface area contributed by atoms with Gasteiger partial charge in [0.15, 0.2) is 5.15 Å². The number of aromatic nitrogens is 1. The van der Waals surface area contributed by atoms with Crippen molar-refractivity contribution in [2.75, 3.05) is 6.54 Å². The minimum absolute atomic E-state index is 0.0934. The van der Waals surface area contributed by atoms with Crippen LogP contribution in [-0.2, 0) is 10.0 Å². The Labute approximate surface area is 139 Å². The van der Waals surface area contributed by atoms with Crippen molar-refractivity contribution < 1.29 is 13.2 Å². The van der Waals surface area contributed by atoms with E-state index in [1.807, 2.05) is 18.2 Å². The predicted molar refractivity (Wildman–Crippen MR) is 86.0 cm³/mol. The predicted octanol–water partition coefficient (Wildman–Crippen LogP) is 3.13. The molecule has 118 valence electrons. The number of nitrogens with zero attached hydrogens (tertiary/aromatic N) is 1. The number of benzene rings is 1. The van der Waals surface area contributed by atoms with Gasteiger partial charge in [0.05, 0.1) is 0 Å². The summed E-state index contributed by atoms with van der Waals surface area (Å²) in [5, 5.41) is -0.0404. The molecule has 5 nitrogen and oxygen atoms in total. The summed E-state index contributed by atoms with van der Waals surface area (Å²) in [6.45, 7) is 1.85. The second-order valence-corrected chi connectivity index (χ2v) is 7.00. The molecule has 0 bridgehead atoms. The van der Waals surface area contributed by atoms with Crippen LogP contribution in [0.25, 0.3) is 0 Å². The molecule has 0 aliphatic rings. The average molecular weight is 361 g/mol. The van der Waals surface area contributed by atoms with E-state index in [1.54, 1.807) is 19.1 Å². The molecule has 0 aliphatic heterocycles. The van der Waals surface area contributed by atoms with E-state index in [1.165, 1.54) is 12.1 Å². The van der Waals surface area contributed by atoms with E-state index in [4.69, 9.17) is 27.9 Å². The van der Waals surface area contributed by atoms with Gasteiger partial charge in [-0.25, -0.2) is 18.1 Å². The summed E-state index contributed by atoms with van der Waals surface area (Å²) in [6.07, 6.45) is -0.351. The minimum atomic E-state index is -3.78. The summed E-state index contributed by atoms with van der Waals surface area (Å²) in [6, 6.07) is 11.8. The topological polar surface area (TPSA) is 68.3 Å². The smallest absolute Gasteiger partial charge is 0.243 e. The number of sulfonamides is 1. The minimum Gasteiger partial charge on any atom is -0.489 e. The van der Waals surface area contributed by atoms with E-state index in [-0.39, 0.29) is 27.9 Å². The first-order valence-electron chi connectivity index (χ1n) is 6.42. The largest absolute Gasteiger partial charge is 0.489 e. The summed E-state index contributed by atoms with van der Waals surface area (Å²) >= 11 is 11.5. The third kappa shape index (κ3) is 4.58. The normalized spacial score (nSPS) is 12.9. The van der Waals surface area contributed by atoms with E-state index in [0.29, 0.717) is 5.75 Å². The molecule has 22 heavy (non-hydrogen) atoms. The van der Waals surface area contributed by atoms with Crippen LogP contribution in [0.5, 0.6) is 5.75 Å². The van der Waals surface area contributed by atoms with Crippen molar-refractivity contribution in [3.63, 3.8) is 0 Å². The standard InChI is InChI=1S/C14H14Cl2N2O3S/c1-10(21-11-5-3-2-4-6-11)9-17-22(19,20)12-7-8-13(15)18-14(12)16/h2-8,10,17H,9H2,1H3. The fourth-order valence-corrected chi connectivity index (χ4v) is 3.45. The summed E-state index contributed by atoms with van der Waals surface area (Å²) in [4.78, 5) is 3.60. The van der Waals surface area contributed by atoms with Crippen LogP contribution in [0.15, 0.2) is 47.4 Å². The quantitative estimate of drug-likeness (QED) is 0.803. The highest BCUT2D eigenvalue weighted by atomic mass is 35.5. The number of hydrogen-bond donors (Lipinski definition) is 1. The Kier molecular flexibility index (Phi) is 5.63. The molecule has 2 rings (SSSR count). The molecule has 1 N–H and O–H groups in total. The molecular formula is C14H14Cl2N2O3S. The maximum absolute atomic E-state index is 12.2. The highest BCUT2D eigenvalue weighted by Crippen LogP contribution is 2.21. The van der Waals surface area contributed by atoms with Gasteiger partial charge in [-0.3, -0.25) is 0 Å². The third-order valence-corrected chi connectivity index (χ3v) is 4.78. The van der Waals surface area contributed by atoms with Crippen molar-refractivity contribution in [1.82, 2.24) is 9.71 Å². The molecular weight excluding hydrogens is 347 g/mol. The lowest BCUT2D eigenvalue weighted by Crippen LogP contribution is -2.33. The number of rotatable bonds is 6. The van der Waals surface area contributed by atoms with Gasteiger partial charge < -0.3 is 4.74 Å². The van der Waals surface area contributed by atoms with Gasteiger partial charge >= 0.3 is 0 Å². The van der Waals surface area contributed by atoms with Gasteiger partial charge in [0.1, 0.15) is 21.9 Å².